The fourth-order valence-electron chi connectivity index (χ4n) is 1.44. The van der Waals surface area contributed by atoms with E-state index < -0.39 is 0 Å². The van der Waals surface area contributed by atoms with Crippen LogP contribution in [0.4, 0.5) is 5.69 Å². The van der Waals surface area contributed by atoms with Gasteiger partial charge in [-0.05, 0) is 12.1 Å². The molecule has 1 fully saturated rings. The minimum Gasteiger partial charge on any atom is -0.383 e. The van der Waals surface area contributed by atoms with E-state index in [0.29, 0.717) is 6.54 Å². The normalized spacial score (nSPS) is 18.6. The number of aromatic nitrogens is 1. The minimum absolute atomic E-state index is 0.135. The molecule has 0 saturated carbocycles. The Balaban J connectivity index is 1.88. The SMILES string of the molecule is NCC1(CNc2cccnc2)COC1. The highest BCUT2D eigenvalue weighted by molar-refractivity contribution is 5.40. The predicted molar refractivity (Wildman–Crippen MR) is 55.0 cm³/mol. The molecule has 0 radical (unpaired) electrons. The Labute approximate surface area is 83.5 Å². The lowest BCUT2D eigenvalue weighted by atomic mass is 9.86. The molecular weight excluding hydrogens is 178 g/mol. The van der Waals surface area contributed by atoms with Crippen molar-refractivity contribution in [2.24, 2.45) is 11.1 Å². The van der Waals surface area contributed by atoms with Crippen LogP contribution < -0.4 is 11.1 Å². The standard InChI is InChI=1S/C10H15N3O/c11-5-10(7-14-8-10)6-13-9-2-1-3-12-4-9/h1-4,13H,5-8,11H2. The molecule has 0 bridgehead atoms. The van der Waals surface area contributed by atoms with Crippen LogP contribution in [0.5, 0.6) is 0 Å². The van der Waals surface area contributed by atoms with Crippen molar-refractivity contribution in [2.75, 3.05) is 31.6 Å². The van der Waals surface area contributed by atoms with Crippen LogP contribution >= 0.6 is 0 Å². The summed E-state index contributed by atoms with van der Waals surface area (Å²) in [7, 11) is 0. The van der Waals surface area contributed by atoms with Gasteiger partial charge < -0.3 is 15.8 Å². The van der Waals surface area contributed by atoms with Crippen LogP contribution in [0.25, 0.3) is 0 Å². The van der Waals surface area contributed by atoms with Crippen LogP contribution in [0.1, 0.15) is 0 Å². The maximum Gasteiger partial charge on any atom is 0.0574 e. The van der Waals surface area contributed by atoms with E-state index in [0.717, 1.165) is 25.4 Å². The lowest BCUT2D eigenvalue weighted by Gasteiger charge is -2.40. The Morgan fingerprint density at radius 1 is 1.57 bits per heavy atom. The Bertz CT molecular complexity index is 279. The van der Waals surface area contributed by atoms with Gasteiger partial charge in [-0.25, -0.2) is 0 Å². The van der Waals surface area contributed by atoms with Gasteiger partial charge >= 0.3 is 0 Å². The van der Waals surface area contributed by atoms with Gasteiger partial charge in [0.15, 0.2) is 0 Å². The van der Waals surface area contributed by atoms with Crippen molar-refractivity contribution in [1.82, 2.24) is 4.98 Å². The third-order valence-electron chi connectivity index (χ3n) is 2.58. The summed E-state index contributed by atoms with van der Waals surface area (Å²) in [5.74, 6) is 0. The zero-order valence-electron chi connectivity index (χ0n) is 8.07. The molecule has 0 aliphatic carbocycles. The molecule has 1 saturated heterocycles. The lowest BCUT2D eigenvalue weighted by molar-refractivity contribution is -0.0979. The second kappa shape index (κ2) is 3.94. The van der Waals surface area contributed by atoms with E-state index in [1.165, 1.54) is 0 Å². The number of pyridine rings is 1. The summed E-state index contributed by atoms with van der Waals surface area (Å²) in [5.41, 5.74) is 6.87. The third-order valence-corrected chi connectivity index (χ3v) is 2.58. The van der Waals surface area contributed by atoms with E-state index in [4.69, 9.17) is 10.5 Å². The van der Waals surface area contributed by atoms with Crippen LogP contribution in [-0.2, 0) is 4.74 Å². The number of hydrogen-bond acceptors (Lipinski definition) is 4. The van der Waals surface area contributed by atoms with Gasteiger partial charge in [-0.3, -0.25) is 4.98 Å². The Kier molecular flexibility index (Phi) is 2.65. The topological polar surface area (TPSA) is 60.2 Å². The highest BCUT2D eigenvalue weighted by atomic mass is 16.5. The molecular formula is C10H15N3O. The molecule has 4 nitrogen and oxygen atoms in total. The Morgan fingerprint density at radius 3 is 2.93 bits per heavy atom. The number of anilines is 1. The molecule has 2 rings (SSSR count). The second-order valence-corrected chi connectivity index (χ2v) is 3.79. The van der Waals surface area contributed by atoms with Crippen molar-refractivity contribution in [2.45, 2.75) is 0 Å². The van der Waals surface area contributed by atoms with Crippen molar-refractivity contribution in [3.8, 4) is 0 Å². The molecule has 0 spiro atoms. The molecule has 3 N–H and O–H groups in total. The number of nitrogens with two attached hydrogens (primary N) is 1. The van der Waals surface area contributed by atoms with Crippen molar-refractivity contribution < 1.29 is 4.74 Å². The molecule has 4 heteroatoms. The molecule has 0 unspecified atom stereocenters. The minimum atomic E-state index is 0.135. The first kappa shape index (κ1) is 9.43. The zero-order valence-corrected chi connectivity index (χ0v) is 8.07. The fraction of sp³-hybridized carbons (Fsp3) is 0.500. The van der Waals surface area contributed by atoms with E-state index in [9.17, 15) is 0 Å². The van der Waals surface area contributed by atoms with E-state index in [2.05, 4.69) is 10.3 Å². The average Bonchev–Trinajstić information content (AvgIpc) is 2.19. The molecule has 1 aliphatic heterocycles. The van der Waals surface area contributed by atoms with Gasteiger partial charge in [0.1, 0.15) is 0 Å². The smallest absolute Gasteiger partial charge is 0.0574 e. The van der Waals surface area contributed by atoms with E-state index >= 15 is 0 Å². The van der Waals surface area contributed by atoms with Gasteiger partial charge in [0.2, 0.25) is 0 Å². The van der Waals surface area contributed by atoms with Crippen molar-refractivity contribution in [1.29, 1.82) is 0 Å². The Morgan fingerprint density at radius 2 is 2.43 bits per heavy atom. The lowest BCUT2D eigenvalue weighted by Crippen LogP contribution is -2.52. The van der Waals surface area contributed by atoms with Crippen LogP contribution in [0, 0.1) is 5.41 Å². The fourth-order valence-corrected chi connectivity index (χ4v) is 1.44. The summed E-state index contributed by atoms with van der Waals surface area (Å²) >= 11 is 0. The van der Waals surface area contributed by atoms with E-state index in [-0.39, 0.29) is 5.41 Å². The van der Waals surface area contributed by atoms with Crippen LogP contribution in [-0.4, -0.2) is 31.3 Å². The van der Waals surface area contributed by atoms with Gasteiger partial charge in [0.25, 0.3) is 0 Å². The average molecular weight is 193 g/mol. The largest absolute Gasteiger partial charge is 0.383 e. The highest BCUT2D eigenvalue weighted by Crippen LogP contribution is 2.26. The zero-order chi connectivity index (χ0) is 9.86. The highest BCUT2D eigenvalue weighted by Gasteiger charge is 2.36. The van der Waals surface area contributed by atoms with Gasteiger partial charge in [-0.15, -0.1) is 0 Å². The van der Waals surface area contributed by atoms with E-state index in [1.807, 2.05) is 18.3 Å². The first-order valence-electron chi connectivity index (χ1n) is 4.76. The van der Waals surface area contributed by atoms with Gasteiger partial charge in [-0.2, -0.15) is 0 Å². The Hall–Kier alpha value is -1.13. The molecule has 1 aromatic heterocycles. The summed E-state index contributed by atoms with van der Waals surface area (Å²) in [6.07, 6.45) is 3.57. The molecule has 1 aliphatic rings. The molecule has 2 heterocycles. The summed E-state index contributed by atoms with van der Waals surface area (Å²) < 4.78 is 5.18. The maximum absolute atomic E-state index is 5.70. The molecule has 0 aromatic carbocycles. The van der Waals surface area contributed by atoms with Gasteiger partial charge in [-0.1, -0.05) is 0 Å². The second-order valence-electron chi connectivity index (χ2n) is 3.79. The number of hydrogen-bond donors (Lipinski definition) is 2. The number of nitrogens with zero attached hydrogens (tertiary/aromatic N) is 1. The van der Waals surface area contributed by atoms with E-state index in [1.54, 1.807) is 6.20 Å². The van der Waals surface area contributed by atoms with Gasteiger partial charge in [0.05, 0.1) is 18.9 Å². The van der Waals surface area contributed by atoms with Crippen molar-refractivity contribution in [3.05, 3.63) is 24.5 Å². The predicted octanol–water partition coefficient (Wildman–Crippen LogP) is 0.469. The number of nitrogens with one attached hydrogen (secondary N) is 1. The maximum atomic E-state index is 5.70. The number of rotatable bonds is 4. The van der Waals surface area contributed by atoms with Crippen molar-refractivity contribution >= 4 is 5.69 Å². The molecule has 1 aromatic rings. The molecule has 14 heavy (non-hydrogen) atoms. The first-order valence-corrected chi connectivity index (χ1v) is 4.76. The summed E-state index contributed by atoms with van der Waals surface area (Å²) in [5, 5.41) is 3.32. The summed E-state index contributed by atoms with van der Waals surface area (Å²) in [6, 6.07) is 3.91. The van der Waals surface area contributed by atoms with Crippen molar-refractivity contribution in [3.63, 3.8) is 0 Å². The van der Waals surface area contributed by atoms with Gasteiger partial charge in [0, 0.05) is 30.9 Å². The van der Waals surface area contributed by atoms with Crippen LogP contribution in [0.3, 0.4) is 0 Å². The number of ether oxygens (including phenoxy) is 1. The van der Waals surface area contributed by atoms with Crippen LogP contribution in [0.2, 0.25) is 0 Å². The monoisotopic (exact) mass is 193 g/mol. The molecule has 0 amide bonds. The molecule has 0 atom stereocenters. The van der Waals surface area contributed by atoms with Crippen LogP contribution in [0.15, 0.2) is 24.5 Å². The molecule has 76 valence electrons. The summed E-state index contributed by atoms with van der Waals surface area (Å²) in [6.45, 7) is 3.04. The quantitative estimate of drug-likeness (QED) is 0.729. The third kappa shape index (κ3) is 1.86. The summed E-state index contributed by atoms with van der Waals surface area (Å²) in [4.78, 5) is 4.03. The first-order chi connectivity index (χ1) is 6.85.